The maximum atomic E-state index is 12.7. The van der Waals surface area contributed by atoms with Crippen molar-refractivity contribution in [2.75, 3.05) is 4.90 Å². The fourth-order valence-electron chi connectivity index (χ4n) is 5.00. The third-order valence-electron chi connectivity index (χ3n) is 6.44. The van der Waals surface area contributed by atoms with E-state index in [1.54, 1.807) is 6.92 Å². The Bertz CT molecular complexity index is 853. The highest BCUT2D eigenvalue weighted by Crippen LogP contribution is 2.62. The molecular formula is C22H25NO. The van der Waals surface area contributed by atoms with Gasteiger partial charge in [-0.05, 0) is 47.6 Å². The molecule has 124 valence electrons. The van der Waals surface area contributed by atoms with Crippen LogP contribution in [0.2, 0.25) is 0 Å². The molecule has 2 unspecified atom stereocenters. The predicted molar refractivity (Wildman–Crippen MR) is 98.5 cm³/mol. The summed E-state index contributed by atoms with van der Waals surface area (Å²) in [5.41, 5.74) is 6.03. The van der Waals surface area contributed by atoms with Gasteiger partial charge in [-0.3, -0.25) is 4.79 Å². The van der Waals surface area contributed by atoms with Gasteiger partial charge in [-0.1, -0.05) is 57.2 Å². The molecule has 0 saturated heterocycles. The summed E-state index contributed by atoms with van der Waals surface area (Å²) in [6.07, 6.45) is 0.984. The predicted octanol–water partition coefficient (Wildman–Crippen LogP) is 4.91. The van der Waals surface area contributed by atoms with E-state index in [4.69, 9.17) is 0 Å². The molecule has 0 saturated carbocycles. The lowest BCUT2D eigenvalue weighted by molar-refractivity contribution is -0.118. The lowest BCUT2D eigenvalue weighted by atomic mass is 9.70. The zero-order chi connectivity index (χ0) is 17.3. The van der Waals surface area contributed by atoms with Crippen LogP contribution in [0, 0.1) is 0 Å². The summed E-state index contributed by atoms with van der Waals surface area (Å²) in [4.78, 5) is 14.7. The van der Waals surface area contributed by atoms with Crippen LogP contribution in [0.25, 0.3) is 0 Å². The molecule has 2 aromatic carbocycles. The second kappa shape index (κ2) is 4.72. The van der Waals surface area contributed by atoms with E-state index < -0.39 is 0 Å². The Morgan fingerprint density at radius 1 is 1.08 bits per heavy atom. The van der Waals surface area contributed by atoms with Crippen molar-refractivity contribution < 1.29 is 4.79 Å². The highest BCUT2D eigenvalue weighted by molar-refractivity contribution is 5.98. The van der Waals surface area contributed by atoms with E-state index in [9.17, 15) is 4.79 Å². The first-order valence-corrected chi connectivity index (χ1v) is 8.84. The second-order valence-electron chi connectivity index (χ2n) is 8.02. The minimum atomic E-state index is -0.312. The van der Waals surface area contributed by atoms with Crippen LogP contribution in [0.3, 0.4) is 0 Å². The lowest BCUT2D eigenvalue weighted by Gasteiger charge is -2.41. The molecule has 2 aliphatic rings. The van der Waals surface area contributed by atoms with E-state index in [0.29, 0.717) is 5.92 Å². The third kappa shape index (κ3) is 1.64. The fourth-order valence-corrected chi connectivity index (χ4v) is 5.00. The van der Waals surface area contributed by atoms with Gasteiger partial charge in [0.15, 0.2) is 0 Å². The van der Waals surface area contributed by atoms with Gasteiger partial charge in [-0.25, -0.2) is 0 Å². The number of fused-ring (bicyclic) bond motifs is 5. The van der Waals surface area contributed by atoms with Crippen LogP contribution in [-0.4, -0.2) is 5.91 Å². The Labute approximate surface area is 144 Å². The first-order valence-electron chi connectivity index (χ1n) is 8.84. The quantitative estimate of drug-likeness (QED) is 0.731. The van der Waals surface area contributed by atoms with E-state index >= 15 is 0 Å². The van der Waals surface area contributed by atoms with Crippen LogP contribution in [0.4, 0.5) is 5.69 Å². The monoisotopic (exact) mass is 319 g/mol. The van der Waals surface area contributed by atoms with Gasteiger partial charge in [-0.2, -0.15) is 0 Å². The number of carbonyl (C=O) groups is 1. The summed E-state index contributed by atoms with van der Waals surface area (Å²) >= 11 is 0. The maximum Gasteiger partial charge on any atom is 0.224 e. The number of nitrogens with zero attached hydrogens (tertiary/aromatic N) is 1. The molecular weight excluding hydrogens is 294 g/mol. The summed E-state index contributed by atoms with van der Waals surface area (Å²) in [6.45, 7) is 10.7. The zero-order valence-electron chi connectivity index (χ0n) is 15.2. The molecule has 0 N–H and O–H groups in total. The molecule has 1 aliphatic heterocycles. The van der Waals surface area contributed by atoms with Crippen molar-refractivity contribution in [3.63, 3.8) is 0 Å². The van der Waals surface area contributed by atoms with E-state index in [-0.39, 0.29) is 16.9 Å². The van der Waals surface area contributed by atoms with E-state index in [1.807, 2.05) is 4.90 Å². The minimum absolute atomic E-state index is 0.0808. The molecule has 2 atom stereocenters. The molecule has 4 rings (SSSR count). The topological polar surface area (TPSA) is 20.3 Å². The summed E-state index contributed by atoms with van der Waals surface area (Å²) in [5, 5.41) is 0. The smallest absolute Gasteiger partial charge is 0.224 e. The van der Waals surface area contributed by atoms with Crippen LogP contribution >= 0.6 is 0 Å². The molecule has 24 heavy (non-hydrogen) atoms. The summed E-state index contributed by atoms with van der Waals surface area (Å²) in [5.74, 6) is 0.608. The molecule has 0 fully saturated rings. The second-order valence-corrected chi connectivity index (χ2v) is 8.02. The number of rotatable bonds is 1. The minimum Gasteiger partial charge on any atom is -0.301 e. The molecule has 1 aliphatic carbocycles. The lowest BCUT2D eigenvalue weighted by Crippen LogP contribution is -2.51. The zero-order valence-corrected chi connectivity index (χ0v) is 15.2. The molecule has 1 amide bonds. The highest BCUT2D eigenvalue weighted by atomic mass is 16.2. The van der Waals surface area contributed by atoms with Gasteiger partial charge < -0.3 is 4.90 Å². The van der Waals surface area contributed by atoms with Crippen LogP contribution < -0.4 is 4.90 Å². The van der Waals surface area contributed by atoms with Crippen molar-refractivity contribution in [2.24, 2.45) is 0 Å². The summed E-state index contributed by atoms with van der Waals surface area (Å²) in [7, 11) is 0. The summed E-state index contributed by atoms with van der Waals surface area (Å²) < 4.78 is 0. The van der Waals surface area contributed by atoms with Crippen LogP contribution in [0.1, 0.15) is 62.8 Å². The van der Waals surface area contributed by atoms with Gasteiger partial charge in [0.1, 0.15) is 0 Å². The third-order valence-corrected chi connectivity index (χ3v) is 6.44. The molecule has 0 spiro atoms. The van der Waals surface area contributed by atoms with Gasteiger partial charge in [-0.15, -0.1) is 0 Å². The molecule has 0 bridgehead atoms. The van der Waals surface area contributed by atoms with E-state index in [2.05, 4.69) is 70.2 Å². The number of benzene rings is 2. The van der Waals surface area contributed by atoms with Crippen LogP contribution in [0.5, 0.6) is 0 Å². The Hall–Kier alpha value is -2.09. The molecule has 0 radical (unpaired) electrons. The fraction of sp³-hybridized carbons (Fsp3) is 0.409. The van der Waals surface area contributed by atoms with Crippen molar-refractivity contribution in [3.05, 3.63) is 64.7 Å². The molecule has 2 heteroatoms. The van der Waals surface area contributed by atoms with Crippen LogP contribution in [-0.2, 0) is 22.2 Å². The Morgan fingerprint density at radius 2 is 1.79 bits per heavy atom. The number of hydrogen-bond acceptors (Lipinski definition) is 1. The van der Waals surface area contributed by atoms with Gasteiger partial charge in [0.2, 0.25) is 5.91 Å². The number of hydrogen-bond donors (Lipinski definition) is 0. The Morgan fingerprint density at radius 3 is 2.46 bits per heavy atom. The van der Waals surface area contributed by atoms with Crippen molar-refractivity contribution >= 4 is 11.6 Å². The Kier molecular flexibility index (Phi) is 3.04. The first kappa shape index (κ1) is 15.4. The Balaban J connectivity index is 2.03. The number of anilines is 1. The normalized spacial score (nSPS) is 27.2. The van der Waals surface area contributed by atoms with Gasteiger partial charge >= 0.3 is 0 Å². The molecule has 1 heterocycles. The molecule has 2 nitrogen and oxygen atoms in total. The largest absolute Gasteiger partial charge is 0.301 e. The highest BCUT2D eigenvalue weighted by Gasteiger charge is 2.62. The molecule has 2 aromatic rings. The average molecular weight is 319 g/mol. The summed E-state index contributed by atoms with van der Waals surface area (Å²) in [6, 6.07) is 15.3. The molecule has 0 aromatic heterocycles. The van der Waals surface area contributed by atoms with E-state index in [0.717, 1.165) is 12.1 Å². The van der Waals surface area contributed by atoms with E-state index in [1.165, 1.54) is 22.3 Å². The maximum absolute atomic E-state index is 12.7. The standard InChI is InChI=1S/C22H25NO/c1-14(2)16-10-11-20-19(12-16)21(4)13-17-8-6-7-9-18(17)22(21,5)23(20)15(3)24/h6-12,14H,13H2,1-5H3. The van der Waals surface area contributed by atoms with Crippen molar-refractivity contribution in [2.45, 2.75) is 57.9 Å². The SMILES string of the molecule is CC(=O)N1c2ccc(C(C)C)cc2C2(C)Cc3ccccc3C12C. The first-order chi connectivity index (χ1) is 11.3. The number of carbonyl (C=O) groups excluding carboxylic acids is 1. The van der Waals surface area contributed by atoms with Crippen LogP contribution in [0.15, 0.2) is 42.5 Å². The van der Waals surface area contributed by atoms with Crippen molar-refractivity contribution in [1.29, 1.82) is 0 Å². The number of amides is 1. The van der Waals surface area contributed by atoms with Crippen molar-refractivity contribution in [1.82, 2.24) is 0 Å². The van der Waals surface area contributed by atoms with Crippen molar-refractivity contribution in [3.8, 4) is 0 Å². The van der Waals surface area contributed by atoms with Gasteiger partial charge in [0.25, 0.3) is 0 Å². The van der Waals surface area contributed by atoms with Gasteiger partial charge in [0.05, 0.1) is 5.54 Å². The van der Waals surface area contributed by atoms with Gasteiger partial charge in [0, 0.05) is 18.0 Å². The average Bonchev–Trinajstić information content (AvgIpc) is 2.87.